The highest BCUT2D eigenvalue weighted by atomic mass is 32.1. The molecule has 4 heteroatoms. The lowest BCUT2D eigenvalue weighted by Gasteiger charge is -2.21. The zero-order valence-corrected chi connectivity index (χ0v) is 11.1. The van der Waals surface area contributed by atoms with E-state index in [-0.39, 0.29) is 11.8 Å². The number of rotatable bonds is 4. The fourth-order valence-corrected chi connectivity index (χ4v) is 2.15. The van der Waals surface area contributed by atoms with E-state index >= 15 is 0 Å². The van der Waals surface area contributed by atoms with Crippen LogP contribution in [0.1, 0.15) is 11.6 Å². The van der Waals surface area contributed by atoms with Crippen LogP contribution in [-0.4, -0.2) is 35.1 Å². The summed E-state index contributed by atoms with van der Waals surface area (Å²) in [6, 6.07) is 9.47. The van der Waals surface area contributed by atoms with Crippen LogP contribution in [0.3, 0.4) is 0 Å². The Morgan fingerprint density at radius 2 is 2.11 bits per heavy atom. The summed E-state index contributed by atoms with van der Waals surface area (Å²) >= 11 is 4.74. The van der Waals surface area contributed by atoms with Crippen LogP contribution in [0.2, 0.25) is 0 Å². The van der Waals surface area contributed by atoms with Gasteiger partial charge >= 0.3 is 0 Å². The fourth-order valence-electron chi connectivity index (χ4n) is 2.02. The standard InChI is InChI=1S/C14H14N2OS/c1-16(2)14(13(17)9-18)11-7-10-5-3-4-6-12(10)15-8-11/h3-9,14H,1-2H3. The van der Waals surface area contributed by atoms with Crippen LogP contribution in [0.25, 0.3) is 10.9 Å². The Morgan fingerprint density at radius 3 is 2.78 bits per heavy atom. The second kappa shape index (κ2) is 5.33. The molecule has 0 fully saturated rings. The number of nitrogens with zero attached hydrogens (tertiary/aromatic N) is 2. The van der Waals surface area contributed by atoms with Crippen molar-refractivity contribution >= 4 is 34.3 Å². The molecule has 0 N–H and O–H groups in total. The Labute approximate surface area is 111 Å². The van der Waals surface area contributed by atoms with Crippen LogP contribution in [-0.2, 0) is 4.79 Å². The van der Waals surface area contributed by atoms with E-state index in [0.717, 1.165) is 16.5 Å². The first-order valence-corrected chi connectivity index (χ1v) is 6.11. The largest absolute Gasteiger partial charge is 0.296 e. The molecule has 0 aliphatic carbocycles. The molecule has 2 aromatic rings. The zero-order valence-electron chi connectivity index (χ0n) is 10.3. The number of aromatic nitrogens is 1. The molecule has 0 saturated heterocycles. The Bertz CT molecular complexity index is 595. The van der Waals surface area contributed by atoms with Gasteiger partial charge in [-0.2, -0.15) is 0 Å². The molecule has 0 spiro atoms. The number of hydrogen-bond acceptors (Lipinski definition) is 4. The van der Waals surface area contributed by atoms with Gasteiger partial charge in [0, 0.05) is 17.0 Å². The first-order valence-electron chi connectivity index (χ1n) is 5.63. The van der Waals surface area contributed by atoms with Gasteiger partial charge in [0.05, 0.1) is 5.52 Å². The van der Waals surface area contributed by atoms with Crippen molar-refractivity contribution in [3.63, 3.8) is 0 Å². The van der Waals surface area contributed by atoms with Crippen LogP contribution < -0.4 is 0 Å². The molecule has 0 aliphatic rings. The van der Waals surface area contributed by atoms with E-state index in [1.54, 1.807) is 6.20 Å². The molecule has 18 heavy (non-hydrogen) atoms. The molecule has 1 unspecified atom stereocenters. The van der Waals surface area contributed by atoms with Gasteiger partial charge in [-0.25, -0.2) is 0 Å². The number of Topliss-reactive ketones (excluding diaryl/α,β-unsaturated/α-hetero) is 1. The normalized spacial score (nSPS) is 12.6. The van der Waals surface area contributed by atoms with E-state index in [1.165, 1.54) is 5.37 Å². The van der Waals surface area contributed by atoms with Crippen LogP contribution in [0.15, 0.2) is 36.5 Å². The number of benzene rings is 1. The molecule has 0 aliphatic heterocycles. The predicted molar refractivity (Wildman–Crippen MR) is 76.8 cm³/mol. The van der Waals surface area contributed by atoms with Crippen molar-refractivity contribution in [3.05, 3.63) is 42.1 Å². The first-order chi connectivity index (χ1) is 8.63. The number of para-hydroxylation sites is 1. The average molecular weight is 258 g/mol. The SMILES string of the molecule is CN(C)C(C(=O)C=S)c1cnc2ccccc2c1. The highest BCUT2D eigenvalue weighted by Crippen LogP contribution is 2.22. The molecule has 0 saturated carbocycles. The van der Waals surface area contributed by atoms with E-state index in [9.17, 15) is 4.79 Å². The number of pyridine rings is 1. The van der Waals surface area contributed by atoms with E-state index < -0.39 is 0 Å². The molecule has 0 amide bonds. The number of likely N-dealkylation sites (N-methyl/N-ethyl adjacent to an activating group) is 1. The molecule has 1 heterocycles. The van der Waals surface area contributed by atoms with Crippen molar-refractivity contribution in [2.75, 3.05) is 14.1 Å². The van der Waals surface area contributed by atoms with Gasteiger partial charge in [0.15, 0.2) is 5.78 Å². The molecule has 0 radical (unpaired) electrons. The van der Waals surface area contributed by atoms with Gasteiger partial charge in [-0.1, -0.05) is 30.4 Å². The molecular weight excluding hydrogens is 244 g/mol. The van der Waals surface area contributed by atoms with Crippen molar-refractivity contribution in [2.45, 2.75) is 6.04 Å². The van der Waals surface area contributed by atoms with Crippen molar-refractivity contribution in [1.29, 1.82) is 0 Å². The van der Waals surface area contributed by atoms with E-state index in [0.29, 0.717) is 0 Å². The molecular formula is C14H14N2OS. The highest BCUT2D eigenvalue weighted by molar-refractivity contribution is 7.80. The average Bonchev–Trinajstić information content (AvgIpc) is 2.38. The quantitative estimate of drug-likeness (QED) is 0.789. The number of hydrogen-bond donors (Lipinski definition) is 0. The smallest absolute Gasteiger partial charge is 0.187 e. The van der Waals surface area contributed by atoms with E-state index in [4.69, 9.17) is 12.2 Å². The van der Waals surface area contributed by atoms with E-state index in [2.05, 4.69) is 4.98 Å². The van der Waals surface area contributed by atoms with Gasteiger partial charge in [0.1, 0.15) is 6.04 Å². The summed E-state index contributed by atoms with van der Waals surface area (Å²) in [7, 11) is 3.72. The lowest BCUT2D eigenvalue weighted by molar-refractivity contribution is -0.116. The van der Waals surface area contributed by atoms with Gasteiger partial charge in [0.25, 0.3) is 0 Å². The first kappa shape index (κ1) is 12.8. The summed E-state index contributed by atoms with van der Waals surface area (Å²) < 4.78 is 0. The maximum atomic E-state index is 11.9. The minimum absolute atomic E-state index is 0.0907. The zero-order chi connectivity index (χ0) is 13.1. The molecule has 3 nitrogen and oxygen atoms in total. The second-order valence-corrected chi connectivity index (χ2v) is 4.58. The molecule has 1 atom stereocenters. The molecule has 92 valence electrons. The number of carbonyl (C=O) groups excluding carboxylic acids is 1. The van der Waals surface area contributed by atoms with Crippen LogP contribution in [0, 0.1) is 0 Å². The number of thiocarbonyl (C=S) groups is 1. The number of fused-ring (bicyclic) bond motifs is 1. The Balaban J connectivity index is 2.51. The van der Waals surface area contributed by atoms with Crippen LogP contribution >= 0.6 is 12.2 Å². The summed E-state index contributed by atoms with van der Waals surface area (Å²) in [5.41, 5.74) is 1.79. The molecule has 0 bridgehead atoms. The van der Waals surface area contributed by atoms with Gasteiger partial charge in [0.2, 0.25) is 0 Å². The monoisotopic (exact) mass is 258 g/mol. The van der Waals surface area contributed by atoms with Gasteiger partial charge in [-0.3, -0.25) is 14.7 Å². The number of ketones is 1. The topological polar surface area (TPSA) is 33.2 Å². The number of carbonyl (C=O) groups is 1. The van der Waals surface area contributed by atoms with Crippen molar-refractivity contribution < 1.29 is 4.79 Å². The lowest BCUT2D eigenvalue weighted by atomic mass is 10.0. The highest BCUT2D eigenvalue weighted by Gasteiger charge is 2.21. The maximum absolute atomic E-state index is 11.9. The summed E-state index contributed by atoms with van der Waals surface area (Å²) in [5, 5.41) is 2.22. The third kappa shape index (κ3) is 2.44. The van der Waals surface area contributed by atoms with Crippen molar-refractivity contribution in [1.82, 2.24) is 9.88 Å². The summed E-state index contributed by atoms with van der Waals surface area (Å²) in [4.78, 5) is 18.1. The molecule has 2 rings (SSSR count). The lowest BCUT2D eigenvalue weighted by Crippen LogP contribution is -2.28. The molecule has 1 aromatic heterocycles. The third-order valence-corrected chi connectivity index (χ3v) is 3.06. The fraction of sp³-hybridized carbons (Fsp3) is 0.214. The summed E-state index contributed by atoms with van der Waals surface area (Å²) in [5.74, 6) is -0.0907. The minimum atomic E-state index is -0.361. The van der Waals surface area contributed by atoms with E-state index in [1.807, 2.05) is 49.3 Å². The minimum Gasteiger partial charge on any atom is -0.296 e. The van der Waals surface area contributed by atoms with Crippen LogP contribution in [0.4, 0.5) is 0 Å². The Kier molecular flexibility index (Phi) is 3.79. The summed E-state index contributed by atoms with van der Waals surface area (Å²) in [6.45, 7) is 0. The van der Waals surface area contributed by atoms with Gasteiger partial charge < -0.3 is 0 Å². The van der Waals surface area contributed by atoms with Crippen LogP contribution in [0.5, 0.6) is 0 Å². The molecule has 1 aromatic carbocycles. The predicted octanol–water partition coefficient (Wildman–Crippen LogP) is 2.41. The Morgan fingerprint density at radius 1 is 1.39 bits per heavy atom. The van der Waals surface area contributed by atoms with Crippen molar-refractivity contribution in [2.24, 2.45) is 0 Å². The van der Waals surface area contributed by atoms with Gasteiger partial charge in [-0.15, -0.1) is 0 Å². The Hall–Kier alpha value is -1.65. The van der Waals surface area contributed by atoms with Crippen molar-refractivity contribution in [3.8, 4) is 0 Å². The van der Waals surface area contributed by atoms with Gasteiger partial charge in [-0.05, 0) is 31.8 Å². The maximum Gasteiger partial charge on any atom is 0.187 e. The second-order valence-electron chi connectivity index (χ2n) is 4.35. The third-order valence-electron chi connectivity index (χ3n) is 2.83. The summed E-state index contributed by atoms with van der Waals surface area (Å²) in [6.07, 6.45) is 1.74.